The molecule has 1 aromatic heterocycles. The maximum absolute atomic E-state index is 11.2. The molecule has 0 spiro atoms. The molecule has 0 bridgehead atoms. The smallest absolute Gasteiger partial charge is 0.334 e. The summed E-state index contributed by atoms with van der Waals surface area (Å²) in [5.41, 5.74) is 0.488. The first-order valence-electron chi connectivity index (χ1n) is 4.42. The van der Waals surface area contributed by atoms with Gasteiger partial charge in [0.05, 0.1) is 18.4 Å². The van der Waals surface area contributed by atoms with Gasteiger partial charge in [0.25, 0.3) is 0 Å². The number of rotatable bonds is 5. The number of hydrogen-bond acceptors (Lipinski definition) is 4. The van der Waals surface area contributed by atoms with Crippen LogP contribution in [0.1, 0.15) is 0 Å². The lowest BCUT2D eigenvalue weighted by Gasteiger charge is -2.11. The molecule has 1 heterocycles. The number of urea groups is 1. The Bertz CT molecular complexity index is 351. The highest BCUT2D eigenvalue weighted by Gasteiger charge is 2.16. The van der Waals surface area contributed by atoms with Crippen LogP contribution in [0.15, 0.2) is 12.4 Å². The van der Waals surface area contributed by atoms with Crippen LogP contribution in [-0.4, -0.2) is 47.1 Å². The third-order valence-corrected chi connectivity index (χ3v) is 1.76. The zero-order valence-corrected chi connectivity index (χ0v) is 8.56. The van der Waals surface area contributed by atoms with E-state index in [9.17, 15) is 9.59 Å². The molecule has 88 valence electrons. The van der Waals surface area contributed by atoms with Crippen LogP contribution in [0.3, 0.4) is 0 Å². The molecule has 8 heteroatoms. The van der Waals surface area contributed by atoms with Gasteiger partial charge in [-0.1, -0.05) is 0 Å². The lowest BCUT2D eigenvalue weighted by atomic mass is 10.3. The van der Waals surface area contributed by atoms with Gasteiger partial charge >= 0.3 is 12.0 Å². The van der Waals surface area contributed by atoms with Crippen LogP contribution in [0.5, 0.6) is 0 Å². The Balaban J connectivity index is 2.32. The number of methoxy groups -OCH3 is 1. The summed E-state index contributed by atoms with van der Waals surface area (Å²) in [6, 6.07) is -0.523. The van der Waals surface area contributed by atoms with E-state index in [1.54, 1.807) is 0 Å². The minimum absolute atomic E-state index is 0.116. The number of carboxylic acid groups (broad SMARTS) is 1. The zero-order chi connectivity index (χ0) is 12.0. The summed E-state index contributed by atoms with van der Waals surface area (Å²) in [4.78, 5) is 21.8. The van der Waals surface area contributed by atoms with Gasteiger partial charge in [-0.15, -0.1) is 0 Å². The number of H-pyrrole nitrogens is 1. The molecule has 8 nitrogen and oxygen atoms in total. The Kier molecular flexibility index (Phi) is 4.28. The fraction of sp³-hybridized carbons (Fsp3) is 0.375. The number of nitrogens with zero attached hydrogens (tertiary/aromatic N) is 1. The molecule has 0 fully saturated rings. The first-order chi connectivity index (χ1) is 7.63. The molecule has 4 N–H and O–H groups in total. The van der Waals surface area contributed by atoms with Crippen LogP contribution in [0.25, 0.3) is 0 Å². The molecule has 16 heavy (non-hydrogen) atoms. The number of ether oxygens (including phenoxy) is 1. The van der Waals surface area contributed by atoms with Crippen molar-refractivity contribution in [3.05, 3.63) is 12.4 Å². The maximum atomic E-state index is 11.2. The minimum atomic E-state index is -1.13. The van der Waals surface area contributed by atoms with Gasteiger partial charge in [0.15, 0.2) is 6.10 Å². The van der Waals surface area contributed by atoms with E-state index in [2.05, 4.69) is 25.6 Å². The second kappa shape index (κ2) is 5.71. The van der Waals surface area contributed by atoms with Crippen LogP contribution in [0.4, 0.5) is 10.5 Å². The van der Waals surface area contributed by atoms with Gasteiger partial charge in [0, 0.05) is 13.3 Å². The summed E-state index contributed by atoms with van der Waals surface area (Å²) >= 11 is 0. The van der Waals surface area contributed by atoms with Crippen LogP contribution >= 0.6 is 0 Å². The van der Waals surface area contributed by atoms with E-state index in [1.165, 1.54) is 19.5 Å². The molecule has 1 rings (SSSR count). The highest BCUT2D eigenvalue weighted by atomic mass is 16.5. The van der Waals surface area contributed by atoms with Crippen molar-refractivity contribution in [3.8, 4) is 0 Å². The van der Waals surface area contributed by atoms with Crippen molar-refractivity contribution in [2.75, 3.05) is 19.0 Å². The summed E-state index contributed by atoms with van der Waals surface area (Å²) in [5, 5.41) is 19.6. The predicted octanol–water partition coefficient (Wildman–Crippen LogP) is -0.369. The van der Waals surface area contributed by atoms with E-state index in [0.717, 1.165) is 0 Å². The normalized spacial score (nSPS) is 11.8. The number of aromatic nitrogens is 2. The standard InChI is InChI=1S/C8H12N4O4/c1-16-6(7(13)14)4-9-8(15)12-5-2-10-11-3-5/h2-3,6H,4H2,1H3,(H,10,11)(H,13,14)(H2,9,12,15). The SMILES string of the molecule is COC(CNC(=O)Nc1cn[nH]c1)C(=O)O. The number of aromatic amines is 1. The fourth-order valence-electron chi connectivity index (χ4n) is 0.951. The molecule has 2 amide bonds. The number of carbonyl (C=O) groups is 2. The lowest BCUT2D eigenvalue weighted by molar-refractivity contribution is -0.147. The van der Waals surface area contributed by atoms with Crippen molar-refractivity contribution in [1.82, 2.24) is 15.5 Å². The molecule has 0 aliphatic heterocycles. The van der Waals surface area contributed by atoms with E-state index in [1.807, 2.05) is 0 Å². The third-order valence-electron chi connectivity index (χ3n) is 1.76. The van der Waals surface area contributed by atoms with E-state index in [4.69, 9.17) is 5.11 Å². The Labute approximate surface area is 91.0 Å². The summed E-state index contributed by atoms with van der Waals surface area (Å²) in [5.74, 6) is -1.13. The highest BCUT2D eigenvalue weighted by Crippen LogP contribution is 1.99. The van der Waals surface area contributed by atoms with Gasteiger partial charge in [-0.25, -0.2) is 9.59 Å². The average molecular weight is 228 g/mol. The largest absolute Gasteiger partial charge is 0.479 e. The minimum Gasteiger partial charge on any atom is -0.479 e. The lowest BCUT2D eigenvalue weighted by Crippen LogP contribution is -2.39. The molecule has 1 aromatic rings. The van der Waals surface area contributed by atoms with E-state index >= 15 is 0 Å². The van der Waals surface area contributed by atoms with Crippen LogP contribution in [-0.2, 0) is 9.53 Å². The zero-order valence-electron chi connectivity index (χ0n) is 8.56. The Morgan fingerprint density at radius 1 is 1.69 bits per heavy atom. The Morgan fingerprint density at radius 2 is 2.44 bits per heavy atom. The molecule has 0 aliphatic carbocycles. The Morgan fingerprint density at radius 3 is 2.94 bits per heavy atom. The number of carboxylic acids is 1. The van der Waals surface area contributed by atoms with Crippen LogP contribution in [0.2, 0.25) is 0 Å². The molecular weight excluding hydrogens is 216 g/mol. The summed E-state index contributed by atoms with van der Waals surface area (Å²) in [6.45, 7) is -0.116. The number of nitrogens with one attached hydrogen (secondary N) is 3. The second-order valence-corrected chi connectivity index (χ2v) is 2.88. The summed E-state index contributed by atoms with van der Waals surface area (Å²) in [6.07, 6.45) is 1.85. The van der Waals surface area contributed by atoms with Gasteiger partial charge in [0.2, 0.25) is 0 Å². The molecule has 0 aliphatic rings. The van der Waals surface area contributed by atoms with E-state index in [-0.39, 0.29) is 6.54 Å². The number of aliphatic carboxylic acids is 1. The van der Waals surface area contributed by atoms with Crippen molar-refractivity contribution < 1.29 is 19.4 Å². The highest BCUT2D eigenvalue weighted by molar-refractivity contribution is 5.89. The van der Waals surface area contributed by atoms with Gasteiger partial charge in [-0.2, -0.15) is 5.10 Å². The first kappa shape index (κ1) is 12.0. The number of hydrogen-bond donors (Lipinski definition) is 4. The molecule has 0 aromatic carbocycles. The summed E-state index contributed by atoms with van der Waals surface area (Å²) in [7, 11) is 1.26. The second-order valence-electron chi connectivity index (χ2n) is 2.88. The Hall–Kier alpha value is -2.09. The molecular formula is C8H12N4O4. The van der Waals surface area contributed by atoms with Gasteiger partial charge in [-0.3, -0.25) is 5.10 Å². The van der Waals surface area contributed by atoms with Crippen molar-refractivity contribution in [2.45, 2.75) is 6.10 Å². The van der Waals surface area contributed by atoms with Gasteiger partial charge in [0.1, 0.15) is 0 Å². The molecule has 0 radical (unpaired) electrons. The average Bonchev–Trinajstić information content (AvgIpc) is 2.70. The van der Waals surface area contributed by atoms with Crippen molar-refractivity contribution in [2.24, 2.45) is 0 Å². The van der Waals surface area contributed by atoms with Crippen LogP contribution in [0, 0.1) is 0 Å². The summed E-state index contributed by atoms with van der Waals surface area (Å²) < 4.78 is 4.64. The van der Waals surface area contributed by atoms with Crippen molar-refractivity contribution >= 4 is 17.7 Å². The van der Waals surface area contributed by atoms with E-state index in [0.29, 0.717) is 5.69 Å². The first-order valence-corrected chi connectivity index (χ1v) is 4.42. The van der Waals surface area contributed by atoms with Crippen molar-refractivity contribution in [3.63, 3.8) is 0 Å². The third kappa shape index (κ3) is 3.58. The predicted molar refractivity (Wildman–Crippen MR) is 54.0 cm³/mol. The van der Waals surface area contributed by atoms with Crippen molar-refractivity contribution in [1.29, 1.82) is 0 Å². The molecule has 1 unspecified atom stereocenters. The fourth-order valence-corrected chi connectivity index (χ4v) is 0.951. The quantitative estimate of drug-likeness (QED) is 0.548. The van der Waals surface area contributed by atoms with E-state index < -0.39 is 18.1 Å². The molecule has 1 atom stereocenters. The van der Waals surface area contributed by atoms with Crippen LogP contribution < -0.4 is 10.6 Å². The topological polar surface area (TPSA) is 116 Å². The van der Waals surface area contributed by atoms with Gasteiger partial charge < -0.3 is 20.5 Å². The molecule has 0 saturated carbocycles. The molecule has 0 saturated heterocycles. The maximum Gasteiger partial charge on any atom is 0.334 e. The number of amides is 2. The number of carbonyl (C=O) groups excluding carboxylic acids is 1. The van der Waals surface area contributed by atoms with Gasteiger partial charge in [-0.05, 0) is 0 Å². The number of anilines is 1. The monoisotopic (exact) mass is 228 g/mol.